The van der Waals surface area contributed by atoms with Crippen LogP contribution in [0.1, 0.15) is 24.4 Å². The van der Waals surface area contributed by atoms with Crippen molar-refractivity contribution in [2.75, 3.05) is 30.4 Å². The molecule has 0 bridgehead atoms. The van der Waals surface area contributed by atoms with Crippen molar-refractivity contribution in [2.24, 2.45) is 5.73 Å². The van der Waals surface area contributed by atoms with Crippen molar-refractivity contribution in [1.29, 1.82) is 0 Å². The number of carbonyl (C=O) groups is 4. The third-order valence-electron chi connectivity index (χ3n) is 6.44. The van der Waals surface area contributed by atoms with Gasteiger partial charge in [-0.2, -0.15) is 44.6 Å². The lowest BCUT2D eigenvalue weighted by Gasteiger charge is -2.33. The summed E-state index contributed by atoms with van der Waals surface area (Å²) < 4.78 is 115. The second kappa shape index (κ2) is 19.3. The number of anilines is 2. The molecule has 1 saturated heterocycles. The van der Waals surface area contributed by atoms with Crippen molar-refractivity contribution in [3.8, 4) is 16.9 Å². The van der Waals surface area contributed by atoms with Gasteiger partial charge >= 0.3 is 36.4 Å². The van der Waals surface area contributed by atoms with E-state index in [1.807, 2.05) is 4.90 Å². The molecule has 294 valence electrons. The molecule has 0 aliphatic carbocycles. The van der Waals surface area contributed by atoms with E-state index >= 15 is 0 Å². The van der Waals surface area contributed by atoms with E-state index in [1.165, 1.54) is 6.07 Å². The number of amides is 1. The van der Waals surface area contributed by atoms with E-state index in [9.17, 15) is 53.8 Å². The monoisotopic (exact) mass is 781 g/mol. The number of ether oxygens (including phenoxy) is 1. The average molecular weight is 782 g/mol. The van der Waals surface area contributed by atoms with Crippen LogP contribution < -0.4 is 20.7 Å². The van der Waals surface area contributed by atoms with Gasteiger partial charge in [0.1, 0.15) is 17.6 Å². The van der Waals surface area contributed by atoms with E-state index in [2.05, 4.69) is 15.5 Å². The maximum absolute atomic E-state index is 15.0. The van der Waals surface area contributed by atoms with Gasteiger partial charge in [-0.1, -0.05) is 12.1 Å². The van der Waals surface area contributed by atoms with Gasteiger partial charge in [0, 0.05) is 36.5 Å². The maximum Gasteiger partial charge on any atom is 0.490 e. The fourth-order valence-corrected chi connectivity index (χ4v) is 3.82. The van der Waals surface area contributed by atoms with Gasteiger partial charge in [-0.15, -0.1) is 0 Å². The lowest BCUT2D eigenvalue weighted by Crippen LogP contribution is -2.37. The summed E-state index contributed by atoms with van der Waals surface area (Å²) in [6.07, 6.45) is -11.3. The number of carbonyl (C=O) groups excluding carboxylic acids is 1. The Labute approximate surface area is 290 Å². The van der Waals surface area contributed by atoms with Gasteiger partial charge in [0.05, 0.1) is 30.8 Å². The molecule has 2 aromatic carbocycles. The van der Waals surface area contributed by atoms with E-state index in [1.54, 1.807) is 49.8 Å². The van der Waals surface area contributed by atoms with Crippen LogP contribution >= 0.6 is 0 Å². The quantitative estimate of drug-likeness (QED) is 0.169. The molecule has 53 heavy (non-hydrogen) atoms. The Morgan fingerprint density at radius 3 is 1.72 bits per heavy atom. The van der Waals surface area contributed by atoms with Gasteiger partial charge in [-0.25, -0.2) is 18.8 Å². The van der Waals surface area contributed by atoms with Gasteiger partial charge in [0.2, 0.25) is 5.91 Å². The summed E-state index contributed by atoms with van der Waals surface area (Å²) in [6, 6.07) is 8.97. The number of nitrogens with zero attached hydrogens (tertiary/aromatic N) is 2. The highest BCUT2D eigenvalue weighted by Crippen LogP contribution is 2.36. The molecule has 24 heteroatoms. The number of methoxy groups -OCH3 is 1. The fourth-order valence-electron chi connectivity index (χ4n) is 3.82. The smallest absolute Gasteiger partial charge is 0.490 e. The minimum absolute atomic E-state index is 0.333. The number of aliphatic carboxylic acids is 3. The number of nitrogens with one attached hydrogen (secondary N) is 2. The van der Waals surface area contributed by atoms with E-state index < -0.39 is 54.2 Å². The van der Waals surface area contributed by atoms with Crippen LogP contribution in [0.5, 0.6) is 5.75 Å². The van der Waals surface area contributed by atoms with Crippen molar-refractivity contribution in [3.05, 3.63) is 60.2 Å². The summed E-state index contributed by atoms with van der Waals surface area (Å²) in [4.78, 5) is 41.6. The number of carboxylic acid groups (broad SMARTS) is 3. The van der Waals surface area contributed by atoms with Crippen molar-refractivity contribution in [2.45, 2.75) is 43.5 Å². The Kier molecular flexibility index (Phi) is 16.5. The lowest BCUT2D eigenvalue weighted by atomic mass is 10.0. The molecule has 0 radical (unpaired) electrons. The van der Waals surface area contributed by atoms with Crippen LogP contribution in [0, 0.1) is 5.82 Å². The predicted molar refractivity (Wildman–Crippen MR) is 161 cm³/mol. The Morgan fingerprint density at radius 2 is 1.34 bits per heavy atom. The van der Waals surface area contributed by atoms with E-state index in [0.29, 0.717) is 59.7 Å². The second-order valence-corrected chi connectivity index (χ2v) is 10.2. The molecule has 4 rings (SSSR count). The van der Waals surface area contributed by atoms with E-state index in [-0.39, 0.29) is 6.10 Å². The SMILES string of the molecule is COc1ccc(C(N)C(=O)Nc2cc(F)c(-c3cn[nH]c3)cc2N2CCC(O)CC2)cc1.O=C(O)C(F)(F)F.O=C(O)C(F)(F)F.O=C(O)C(F)(F)F. The van der Waals surface area contributed by atoms with Crippen molar-refractivity contribution in [1.82, 2.24) is 10.2 Å². The number of hydrogen-bond donors (Lipinski definition) is 7. The molecule has 8 N–H and O–H groups in total. The largest absolute Gasteiger partial charge is 0.497 e. The number of aromatic nitrogens is 2. The molecule has 14 nitrogen and oxygen atoms in total. The predicted octanol–water partition coefficient (Wildman–Crippen LogP) is 4.72. The maximum atomic E-state index is 15.0. The number of piperidine rings is 1. The summed E-state index contributed by atoms with van der Waals surface area (Å²) in [5.41, 5.74) is 8.76. The number of halogens is 10. The zero-order chi connectivity index (χ0) is 40.9. The number of aliphatic hydroxyl groups is 1. The summed E-state index contributed by atoms with van der Waals surface area (Å²) in [5, 5.41) is 40.6. The number of aromatic amines is 1. The lowest BCUT2D eigenvalue weighted by molar-refractivity contribution is -0.193. The Bertz CT molecular complexity index is 1600. The molecule has 0 spiro atoms. The van der Waals surface area contributed by atoms with Crippen LogP contribution in [0.3, 0.4) is 0 Å². The minimum atomic E-state index is -5.08. The molecule has 1 unspecified atom stereocenters. The zero-order valence-corrected chi connectivity index (χ0v) is 26.7. The standard InChI is InChI=1S/C23H26FN5O3.3C2HF3O2/c1-32-17-4-2-14(3-5-17)22(25)23(31)28-20-11-19(24)18(15-12-26-27-13-15)10-21(20)29-8-6-16(30)7-9-29;3*3-2(4,5)1(6)7/h2-5,10-13,16,22,30H,6-9,25H2,1H3,(H,26,27)(H,28,31);3*(H,6,7). The van der Waals surface area contributed by atoms with Crippen LogP contribution in [0.2, 0.25) is 0 Å². The summed E-state index contributed by atoms with van der Waals surface area (Å²) in [6.45, 7) is 1.18. The molecule has 2 heterocycles. The molecule has 1 amide bonds. The summed E-state index contributed by atoms with van der Waals surface area (Å²) >= 11 is 0. The Balaban J connectivity index is 0.000000545. The molecule has 1 aromatic heterocycles. The average Bonchev–Trinajstić information content (AvgIpc) is 3.59. The van der Waals surface area contributed by atoms with Crippen LogP contribution in [-0.2, 0) is 19.2 Å². The minimum Gasteiger partial charge on any atom is -0.497 e. The number of aliphatic hydroxyl groups excluding tert-OH is 1. The molecule has 3 aromatic rings. The molecule has 1 atom stereocenters. The molecular formula is C29H29F10N5O9. The van der Waals surface area contributed by atoms with Crippen molar-refractivity contribution in [3.63, 3.8) is 0 Å². The highest BCUT2D eigenvalue weighted by Gasteiger charge is 2.39. The van der Waals surface area contributed by atoms with Gasteiger partial charge in [0.25, 0.3) is 0 Å². The number of H-pyrrole nitrogens is 1. The third-order valence-corrected chi connectivity index (χ3v) is 6.44. The number of carboxylic acids is 3. The van der Waals surface area contributed by atoms with Crippen LogP contribution in [0.25, 0.3) is 11.1 Å². The van der Waals surface area contributed by atoms with Crippen molar-refractivity contribution < 1.29 is 88.2 Å². The van der Waals surface area contributed by atoms with Gasteiger partial charge in [0.15, 0.2) is 0 Å². The number of rotatable bonds is 6. The molecule has 1 fully saturated rings. The highest BCUT2D eigenvalue weighted by atomic mass is 19.4. The molecule has 1 aliphatic heterocycles. The number of benzene rings is 2. The Hall–Kier alpha value is -5.65. The second-order valence-electron chi connectivity index (χ2n) is 10.2. The first-order valence-corrected chi connectivity index (χ1v) is 14.2. The molecule has 0 saturated carbocycles. The number of hydrogen-bond acceptors (Lipinski definition) is 9. The number of alkyl halides is 9. The third kappa shape index (κ3) is 15.2. The highest BCUT2D eigenvalue weighted by molar-refractivity contribution is 5.99. The van der Waals surface area contributed by atoms with Crippen molar-refractivity contribution >= 4 is 35.2 Å². The summed E-state index contributed by atoms with van der Waals surface area (Å²) in [5.74, 6) is -8.55. The summed E-state index contributed by atoms with van der Waals surface area (Å²) in [7, 11) is 1.56. The topological polar surface area (TPSA) is 228 Å². The number of nitrogens with two attached hydrogens (primary N) is 1. The van der Waals surface area contributed by atoms with Crippen LogP contribution in [0.4, 0.5) is 55.3 Å². The van der Waals surface area contributed by atoms with E-state index in [0.717, 1.165) is 0 Å². The normalized spacial score (nSPS) is 13.8. The van der Waals surface area contributed by atoms with Crippen LogP contribution in [0.15, 0.2) is 48.8 Å². The van der Waals surface area contributed by atoms with E-state index in [4.69, 9.17) is 40.2 Å². The first kappa shape index (κ1) is 45.4. The van der Waals surface area contributed by atoms with Gasteiger partial charge in [-0.3, -0.25) is 9.89 Å². The van der Waals surface area contributed by atoms with Gasteiger partial charge < -0.3 is 41.1 Å². The molecular weight excluding hydrogens is 752 g/mol. The zero-order valence-electron chi connectivity index (χ0n) is 26.7. The molecule has 1 aliphatic rings. The first-order chi connectivity index (χ1) is 24.3. The fraction of sp³-hybridized carbons (Fsp3) is 0.345. The van der Waals surface area contributed by atoms with Crippen LogP contribution in [-0.4, -0.2) is 99.3 Å². The Morgan fingerprint density at radius 1 is 0.887 bits per heavy atom. The first-order valence-electron chi connectivity index (χ1n) is 14.2. The van der Waals surface area contributed by atoms with Gasteiger partial charge in [-0.05, 0) is 36.6 Å².